The van der Waals surface area contributed by atoms with E-state index in [1.807, 2.05) is 0 Å². The van der Waals surface area contributed by atoms with Crippen molar-refractivity contribution in [2.75, 3.05) is 0 Å². The Morgan fingerprint density at radius 3 is 2.12 bits per heavy atom. The Morgan fingerprint density at radius 1 is 0.719 bits per heavy atom. The van der Waals surface area contributed by atoms with E-state index in [9.17, 15) is 0 Å². The van der Waals surface area contributed by atoms with E-state index >= 15 is 0 Å². The molecule has 2 aromatic carbocycles. The van der Waals surface area contributed by atoms with E-state index in [0.717, 1.165) is 11.8 Å². The highest BCUT2D eigenvalue weighted by Gasteiger charge is 2.24. The van der Waals surface area contributed by atoms with Gasteiger partial charge in [0.1, 0.15) is 0 Å². The maximum atomic E-state index is 2.65. The number of unbranched alkanes of at least 4 members (excludes halogenated alkanes) is 4. The van der Waals surface area contributed by atoms with Crippen LogP contribution < -0.4 is 0 Å². The SMILES string of the molecule is CCCCCC1CCC(c2ccc(-c3ccccc3)c(C(CCC)CCCCC)c2)CC1. The summed E-state index contributed by atoms with van der Waals surface area (Å²) in [4.78, 5) is 0. The Balaban J connectivity index is 1.80. The normalized spacial score (nSPS) is 19.7. The van der Waals surface area contributed by atoms with Gasteiger partial charge in [-0.25, -0.2) is 0 Å². The molecule has 1 unspecified atom stereocenters. The van der Waals surface area contributed by atoms with Gasteiger partial charge in [0.05, 0.1) is 0 Å². The fourth-order valence-electron chi connectivity index (χ4n) is 5.97. The van der Waals surface area contributed by atoms with E-state index in [1.54, 1.807) is 11.1 Å². The minimum Gasteiger partial charge on any atom is -0.0654 e. The molecule has 0 aliphatic heterocycles. The van der Waals surface area contributed by atoms with Gasteiger partial charge in [-0.3, -0.25) is 0 Å². The second-order valence-electron chi connectivity index (χ2n) is 10.4. The Labute approximate surface area is 199 Å². The van der Waals surface area contributed by atoms with E-state index in [0.29, 0.717) is 5.92 Å². The van der Waals surface area contributed by atoms with Crippen molar-refractivity contribution in [2.24, 2.45) is 5.92 Å². The molecular weight excluding hydrogens is 384 g/mol. The predicted octanol–water partition coefficient (Wildman–Crippen LogP) is 10.7. The predicted molar refractivity (Wildman–Crippen MR) is 143 cm³/mol. The molecule has 0 spiro atoms. The highest BCUT2D eigenvalue weighted by atomic mass is 14.3. The van der Waals surface area contributed by atoms with Crippen LogP contribution in [-0.2, 0) is 0 Å². The third-order valence-corrected chi connectivity index (χ3v) is 7.93. The molecule has 1 fully saturated rings. The first-order valence-electron chi connectivity index (χ1n) is 14.0. The largest absolute Gasteiger partial charge is 0.0654 e. The van der Waals surface area contributed by atoms with Crippen molar-refractivity contribution < 1.29 is 0 Å². The molecule has 1 aliphatic carbocycles. The summed E-state index contributed by atoms with van der Waals surface area (Å²) in [5.74, 6) is 2.47. The van der Waals surface area contributed by atoms with Crippen molar-refractivity contribution in [3.63, 3.8) is 0 Å². The van der Waals surface area contributed by atoms with E-state index in [-0.39, 0.29) is 0 Å². The van der Waals surface area contributed by atoms with E-state index in [1.165, 1.54) is 101 Å². The lowest BCUT2D eigenvalue weighted by molar-refractivity contribution is 0.302. The first-order chi connectivity index (χ1) is 15.8. The Bertz CT molecular complexity index is 751. The minimum absolute atomic E-state index is 0.701. The molecule has 0 heterocycles. The molecule has 0 aromatic heterocycles. The first-order valence-corrected chi connectivity index (χ1v) is 14.0. The third-order valence-electron chi connectivity index (χ3n) is 7.93. The van der Waals surface area contributed by atoms with Gasteiger partial charge in [0, 0.05) is 0 Å². The van der Waals surface area contributed by atoms with Crippen molar-refractivity contribution in [3.05, 3.63) is 59.7 Å². The fraction of sp³-hybridized carbons (Fsp3) is 0.625. The molecule has 0 bridgehead atoms. The van der Waals surface area contributed by atoms with Crippen molar-refractivity contribution in [3.8, 4) is 11.1 Å². The van der Waals surface area contributed by atoms with Gasteiger partial charge in [0.15, 0.2) is 0 Å². The van der Waals surface area contributed by atoms with Gasteiger partial charge in [-0.05, 0) is 78.5 Å². The summed E-state index contributed by atoms with van der Waals surface area (Å²) in [6.45, 7) is 7.00. The van der Waals surface area contributed by atoms with Gasteiger partial charge in [0.25, 0.3) is 0 Å². The molecule has 2 aromatic rings. The van der Waals surface area contributed by atoms with Crippen LogP contribution in [0, 0.1) is 5.92 Å². The molecule has 32 heavy (non-hydrogen) atoms. The van der Waals surface area contributed by atoms with E-state index < -0.39 is 0 Å². The Kier molecular flexibility index (Phi) is 10.9. The van der Waals surface area contributed by atoms with Crippen molar-refractivity contribution >= 4 is 0 Å². The van der Waals surface area contributed by atoms with Crippen molar-refractivity contribution in [1.29, 1.82) is 0 Å². The molecule has 1 saturated carbocycles. The van der Waals surface area contributed by atoms with Crippen LogP contribution in [0.3, 0.4) is 0 Å². The molecular formula is C32H48. The molecule has 1 atom stereocenters. The van der Waals surface area contributed by atoms with Gasteiger partial charge in [-0.1, -0.05) is 121 Å². The highest BCUT2D eigenvalue weighted by Crippen LogP contribution is 2.41. The third kappa shape index (κ3) is 7.23. The molecule has 1 aliphatic rings. The van der Waals surface area contributed by atoms with Crippen LogP contribution in [0.25, 0.3) is 11.1 Å². The van der Waals surface area contributed by atoms with Gasteiger partial charge in [-0.15, -0.1) is 0 Å². The summed E-state index contributed by atoms with van der Waals surface area (Å²) >= 11 is 0. The van der Waals surface area contributed by atoms with Crippen LogP contribution in [-0.4, -0.2) is 0 Å². The summed E-state index contributed by atoms with van der Waals surface area (Å²) in [6.07, 6.45) is 19.3. The molecule has 0 N–H and O–H groups in total. The Hall–Kier alpha value is -1.56. The van der Waals surface area contributed by atoms with Crippen LogP contribution in [0.4, 0.5) is 0 Å². The molecule has 0 amide bonds. The molecule has 3 rings (SSSR count). The number of rotatable bonds is 13. The summed E-state index contributed by atoms with van der Waals surface area (Å²) in [5.41, 5.74) is 6.14. The average molecular weight is 433 g/mol. The van der Waals surface area contributed by atoms with Gasteiger partial charge < -0.3 is 0 Å². The summed E-state index contributed by atoms with van der Waals surface area (Å²) in [7, 11) is 0. The monoisotopic (exact) mass is 432 g/mol. The van der Waals surface area contributed by atoms with E-state index in [4.69, 9.17) is 0 Å². The zero-order valence-corrected chi connectivity index (χ0v) is 21.3. The lowest BCUT2D eigenvalue weighted by Crippen LogP contribution is -2.14. The van der Waals surface area contributed by atoms with Crippen molar-refractivity contribution in [1.82, 2.24) is 0 Å². The number of hydrogen-bond acceptors (Lipinski definition) is 0. The summed E-state index contributed by atoms with van der Waals surface area (Å²) < 4.78 is 0. The van der Waals surface area contributed by atoms with E-state index in [2.05, 4.69) is 69.3 Å². The summed E-state index contributed by atoms with van der Waals surface area (Å²) in [6, 6.07) is 18.7. The minimum atomic E-state index is 0.701. The van der Waals surface area contributed by atoms with Gasteiger partial charge in [-0.2, -0.15) is 0 Å². The quantitative estimate of drug-likeness (QED) is 0.276. The fourth-order valence-corrected chi connectivity index (χ4v) is 5.97. The first kappa shape index (κ1) is 25.1. The zero-order valence-electron chi connectivity index (χ0n) is 21.3. The standard InChI is InChI=1S/C32H48/c1-4-7-10-15-26-19-21-27(22-20-26)30-23-24-31(29-17-12-9-13-18-29)32(25-30)28(14-6-3)16-11-8-5-2/h9,12-13,17-18,23-28H,4-8,10-11,14-16,19-22H2,1-3H3. The van der Waals surface area contributed by atoms with Crippen LogP contribution in [0.5, 0.6) is 0 Å². The lowest BCUT2D eigenvalue weighted by atomic mass is 9.75. The summed E-state index contributed by atoms with van der Waals surface area (Å²) in [5, 5.41) is 0. The maximum Gasteiger partial charge on any atom is -0.0149 e. The average Bonchev–Trinajstić information content (AvgIpc) is 2.84. The second kappa shape index (κ2) is 13.9. The molecule has 0 radical (unpaired) electrons. The van der Waals surface area contributed by atoms with Crippen LogP contribution in [0.1, 0.15) is 134 Å². The number of hydrogen-bond donors (Lipinski definition) is 0. The maximum absolute atomic E-state index is 2.65. The topological polar surface area (TPSA) is 0 Å². The smallest absolute Gasteiger partial charge is 0.0149 e. The van der Waals surface area contributed by atoms with Crippen LogP contribution in [0.15, 0.2) is 48.5 Å². The van der Waals surface area contributed by atoms with Crippen molar-refractivity contribution in [2.45, 2.75) is 122 Å². The zero-order chi connectivity index (χ0) is 22.6. The molecule has 0 saturated heterocycles. The molecule has 0 nitrogen and oxygen atoms in total. The molecule has 0 heteroatoms. The van der Waals surface area contributed by atoms with Gasteiger partial charge >= 0.3 is 0 Å². The highest BCUT2D eigenvalue weighted by molar-refractivity contribution is 5.68. The van der Waals surface area contributed by atoms with Crippen LogP contribution >= 0.6 is 0 Å². The molecule has 176 valence electrons. The number of benzene rings is 2. The second-order valence-corrected chi connectivity index (χ2v) is 10.4. The van der Waals surface area contributed by atoms with Crippen LogP contribution in [0.2, 0.25) is 0 Å². The Morgan fingerprint density at radius 2 is 1.44 bits per heavy atom. The lowest BCUT2D eigenvalue weighted by Gasteiger charge is -2.30. The van der Waals surface area contributed by atoms with Gasteiger partial charge in [0.2, 0.25) is 0 Å².